The van der Waals surface area contributed by atoms with Crippen molar-refractivity contribution in [3.8, 4) is 5.75 Å². The molecule has 90 valence electrons. The Bertz CT molecular complexity index is 549. The van der Waals surface area contributed by atoms with Crippen LogP contribution in [0.15, 0.2) is 18.2 Å². The number of pyridine rings is 1. The quantitative estimate of drug-likeness (QED) is 0.881. The van der Waals surface area contributed by atoms with E-state index < -0.39 is 0 Å². The second kappa shape index (κ2) is 4.72. The third-order valence-corrected chi connectivity index (χ3v) is 2.82. The zero-order valence-electron chi connectivity index (χ0n) is 10.6. The van der Waals surface area contributed by atoms with Crippen molar-refractivity contribution in [3.63, 3.8) is 0 Å². The van der Waals surface area contributed by atoms with Crippen molar-refractivity contribution < 1.29 is 4.74 Å². The van der Waals surface area contributed by atoms with Crippen molar-refractivity contribution in [2.24, 2.45) is 5.73 Å². The van der Waals surface area contributed by atoms with E-state index in [9.17, 15) is 0 Å². The molecular formula is C14H18N2O. The number of hydrogen-bond donors (Lipinski definition) is 1. The molecule has 0 bridgehead atoms. The van der Waals surface area contributed by atoms with E-state index in [1.807, 2.05) is 19.1 Å². The van der Waals surface area contributed by atoms with Crippen molar-refractivity contribution in [3.05, 3.63) is 35.0 Å². The molecule has 0 saturated carbocycles. The SMILES string of the molecule is Cc1cc(C)c2c(OCCN)ccc(C)c2n1. The van der Waals surface area contributed by atoms with Gasteiger partial charge in [0.25, 0.3) is 0 Å². The zero-order chi connectivity index (χ0) is 12.4. The highest BCUT2D eigenvalue weighted by atomic mass is 16.5. The van der Waals surface area contributed by atoms with Crippen molar-refractivity contribution in [2.75, 3.05) is 13.2 Å². The Kier molecular flexibility index (Phi) is 3.29. The maximum Gasteiger partial charge on any atom is 0.129 e. The number of hydrogen-bond acceptors (Lipinski definition) is 3. The van der Waals surface area contributed by atoms with Crippen molar-refractivity contribution >= 4 is 10.9 Å². The molecule has 1 aromatic heterocycles. The summed E-state index contributed by atoms with van der Waals surface area (Å²) in [4.78, 5) is 4.59. The van der Waals surface area contributed by atoms with Crippen LogP contribution in [0.3, 0.4) is 0 Å². The van der Waals surface area contributed by atoms with Gasteiger partial charge in [-0.15, -0.1) is 0 Å². The van der Waals surface area contributed by atoms with E-state index in [0.717, 1.165) is 22.3 Å². The molecule has 0 aliphatic heterocycles. The van der Waals surface area contributed by atoms with Gasteiger partial charge in [-0.3, -0.25) is 4.98 Å². The maximum atomic E-state index is 5.68. The predicted octanol–water partition coefficient (Wildman–Crippen LogP) is 2.50. The minimum Gasteiger partial charge on any atom is -0.492 e. The first-order valence-corrected chi connectivity index (χ1v) is 5.84. The molecule has 3 heteroatoms. The van der Waals surface area contributed by atoms with E-state index in [-0.39, 0.29) is 0 Å². The fourth-order valence-electron chi connectivity index (χ4n) is 2.09. The van der Waals surface area contributed by atoms with Gasteiger partial charge in [0.2, 0.25) is 0 Å². The molecule has 2 aromatic rings. The summed E-state index contributed by atoms with van der Waals surface area (Å²) >= 11 is 0. The van der Waals surface area contributed by atoms with Crippen LogP contribution >= 0.6 is 0 Å². The molecule has 0 aliphatic rings. The molecule has 2 N–H and O–H groups in total. The van der Waals surface area contributed by atoms with Gasteiger partial charge in [-0.2, -0.15) is 0 Å². The normalized spacial score (nSPS) is 10.8. The van der Waals surface area contributed by atoms with Crippen LogP contribution in [0.1, 0.15) is 16.8 Å². The summed E-state index contributed by atoms with van der Waals surface area (Å²) < 4.78 is 5.68. The highest BCUT2D eigenvalue weighted by Crippen LogP contribution is 2.30. The number of aromatic nitrogens is 1. The lowest BCUT2D eigenvalue weighted by atomic mass is 10.0. The molecule has 0 radical (unpaired) electrons. The topological polar surface area (TPSA) is 48.1 Å². The molecule has 0 atom stereocenters. The second-order valence-electron chi connectivity index (χ2n) is 4.32. The number of rotatable bonds is 3. The van der Waals surface area contributed by atoms with Gasteiger partial charge in [-0.25, -0.2) is 0 Å². The fraction of sp³-hybridized carbons (Fsp3) is 0.357. The van der Waals surface area contributed by atoms with Gasteiger partial charge >= 0.3 is 0 Å². The monoisotopic (exact) mass is 230 g/mol. The third kappa shape index (κ3) is 2.24. The molecule has 0 unspecified atom stereocenters. The molecule has 0 amide bonds. The van der Waals surface area contributed by atoms with Gasteiger partial charge in [-0.1, -0.05) is 6.07 Å². The Labute approximate surface area is 102 Å². The van der Waals surface area contributed by atoms with Crippen LogP contribution < -0.4 is 10.5 Å². The average molecular weight is 230 g/mol. The van der Waals surface area contributed by atoms with Gasteiger partial charge in [0, 0.05) is 17.6 Å². The lowest BCUT2D eigenvalue weighted by molar-refractivity contribution is 0.332. The second-order valence-corrected chi connectivity index (χ2v) is 4.32. The molecular weight excluding hydrogens is 212 g/mol. The van der Waals surface area contributed by atoms with Crippen LogP contribution in [-0.2, 0) is 0 Å². The number of fused-ring (bicyclic) bond motifs is 1. The molecule has 0 fully saturated rings. The molecule has 0 spiro atoms. The third-order valence-electron chi connectivity index (χ3n) is 2.82. The maximum absolute atomic E-state index is 5.68. The van der Waals surface area contributed by atoms with Crippen LogP contribution in [0.2, 0.25) is 0 Å². The van der Waals surface area contributed by atoms with E-state index in [2.05, 4.69) is 24.9 Å². The first-order valence-electron chi connectivity index (χ1n) is 5.84. The zero-order valence-corrected chi connectivity index (χ0v) is 10.6. The van der Waals surface area contributed by atoms with Gasteiger partial charge in [0.05, 0.1) is 5.52 Å². The van der Waals surface area contributed by atoms with Crippen molar-refractivity contribution in [1.29, 1.82) is 0 Å². The lowest BCUT2D eigenvalue weighted by Gasteiger charge is -2.12. The van der Waals surface area contributed by atoms with Gasteiger partial charge in [0.1, 0.15) is 12.4 Å². The minimum absolute atomic E-state index is 0.522. The fourth-order valence-corrected chi connectivity index (χ4v) is 2.09. The Balaban J connectivity index is 2.66. The Morgan fingerprint density at radius 1 is 1.18 bits per heavy atom. The highest BCUT2D eigenvalue weighted by Gasteiger charge is 2.09. The summed E-state index contributed by atoms with van der Waals surface area (Å²) in [6.07, 6.45) is 0. The van der Waals surface area contributed by atoms with Crippen LogP contribution in [0, 0.1) is 20.8 Å². The molecule has 1 aromatic carbocycles. The summed E-state index contributed by atoms with van der Waals surface area (Å²) in [5, 5.41) is 1.10. The number of aryl methyl sites for hydroxylation is 3. The summed E-state index contributed by atoms with van der Waals surface area (Å²) in [5.74, 6) is 0.876. The summed E-state index contributed by atoms with van der Waals surface area (Å²) in [7, 11) is 0. The molecule has 2 rings (SSSR count). The van der Waals surface area contributed by atoms with E-state index >= 15 is 0 Å². The summed E-state index contributed by atoms with van der Waals surface area (Å²) in [5.41, 5.74) is 9.90. The summed E-state index contributed by atoms with van der Waals surface area (Å²) in [6.45, 7) is 7.23. The van der Waals surface area contributed by atoms with Gasteiger partial charge < -0.3 is 10.5 Å². The Morgan fingerprint density at radius 2 is 1.94 bits per heavy atom. The average Bonchev–Trinajstić information content (AvgIpc) is 2.28. The molecule has 0 saturated heterocycles. The van der Waals surface area contributed by atoms with E-state index in [1.54, 1.807) is 0 Å². The number of nitrogens with two attached hydrogens (primary N) is 1. The lowest BCUT2D eigenvalue weighted by Crippen LogP contribution is -2.11. The number of benzene rings is 1. The highest BCUT2D eigenvalue weighted by molar-refractivity contribution is 5.90. The van der Waals surface area contributed by atoms with E-state index in [4.69, 9.17) is 10.5 Å². The minimum atomic E-state index is 0.522. The van der Waals surface area contributed by atoms with Crippen LogP contribution in [-0.4, -0.2) is 18.1 Å². The number of ether oxygens (including phenoxy) is 1. The van der Waals surface area contributed by atoms with Gasteiger partial charge in [-0.05, 0) is 44.0 Å². The standard InChI is InChI=1S/C14H18N2O/c1-9-4-5-12(17-7-6-15)13-10(2)8-11(3)16-14(9)13/h4-5,8H,6-7,15H2,1-3H3. The molecule has 1 heterocycles. The smallest absolute Gasteiger partial charge is 0.129 e. The van der Waals surface area contributed by atoms with Crippen molar-refractivity contribution in [2.45, 2.75) is 20.8 Å². The summed E-state index contributed by atoms with van der Waals surface area (Å²) in [6, 6.07) is 6.12. The largest absolute Gasteiger partial charge is 0.492 e. The van der Waals surface area contributed by atoms with Crippen molar-refractivity contribution in [1.82, 2.24) is 4.98 Å². The molecule has 17 heavy (non-hydrogen) atoms. The number of nitrogens with zero attached hydrogens (tertiary/aromatic N) is 1. The first-order chi connectivity index (χ1) is 8.13. The van der Waals surface area contributed by atoms with E-state index in [0.29, 0.717) is 13.2 Å². The Hall–Kier alpha value is -1.61. The Morgan fingerprint density at radius 3 is 2.65 bits per heavy atom. The predicted molar refractivity (Wildman–Crippen MR) is 70.5 cm³/mol. The first kappa shape index (κ1) is 11.9. The molecule has 3 nitrogen and oxygen atoms in total. The molecule has 0 aliphatic carbocycles. The van der Waals surface area contributed by atoms with Crippen LogP contribution in [0.5, 0.6) is 5.75 Å². The van der Waals surface area contributed by atoms with E-state index in [1.165, 1.54) is 11.1 Å². The van der Waals surface area contributed by atoms with Crippen LogP contribution in [0.4, 0.5) is 0 Å². The van der Waals surface area contributed by atoms with Gasteiger partial charge in [0.15, 0.2) is 0 Å². The van der Waals surface area contributed by atoms with Crippen LogP contribution in [0.25, 0.3) is 10.9 Å².